The smallest absolute Gasteiger partial charge is 0.253 e. The van der Waals surface area contributed by atoms with E-state index in [0.29, 0.717) is 35.4 Å². The van der Waals surface area contributed by atoms with Crippen LogP contribution in [0.25, 0.3) is 22.3 Å². The first-order valence-corrected chi connectivity index (χ1v) is 22.1. The molecule has 2 atom stereocenters. The van der Waals surface area contributed by atoms with Crippen molar-refractivity contribution in [2.75, 3.05) is 74.9 Å². The lowest BCUT2D eigenvalue weighted by Crippen LogP contribution is -2.49. The molecule has 4 fully saturated rings. The van der Waals surface area contributed by atoms with Crippen molar-refractivity contribution >= 4 is 45.9 Å². The van der Waals surface area contributed by atoms with E-state index < -0.39 is 6.04 Å². The SMILES string of the molecule is C[C@@H](c1cc2c(-c3ccc(N)nn3)ccnc2n1C)N1CCC(c2ccc(C(=O)N3CCC(CN4CCN(c5ccc(NC6CCC(=O)NC6=O)cc5F)CC4)CC3)cc2)CC1. The minimum absolute atomic E-state index is 0.114. The van der Waals surface area contributed by atoms with E-state index in [-0.39, 0.29) is 36.0 Å². The zero-order valence-corrected chi connectivity index (χ0v) is 35.6. The fraction of sp³-hybridized carbons (Fsp3) is 0.447. The zero-order valence-electron chi connectivity index (χ0n) is 35.6. The Morgan fingerprint density at radius 3 is 2.34 bits per heavy atom. The number of aryl methyl sites for hydroxylation is 1. The maximum absolute atomic E-state index is 15.2. The summed E-state index contributed by atoms with van der Waals surface area (Å²) in [6.45, 7) is 9.93. The number of nitrogens with zero attached hydrogens (tertiary/aromatic N) is 8. The molecule has 4 N–H and O–H groups in total. The molecular formula is C47H56FN11O3. The molecule has 324 valence electrons. The van der Waals surface area contributed by atoms with Gasteiger partial charge in [0.2, 0.25) is 11.8 Å². The maximum atomic E-state index is 15.2. The number of hydrogen-bond acceptors (Lipinski definition) is 11. The van der Waals surface area contributed by atoms with E-state index in [4.69, 9.17) is 10.7 Å². The molecule has 1 unspecified atom stereocenters. The summed E-state index contributed by atoms with van der Waals surface area (Å²) in [5, 5.41) is 14.8. The van der Waals surface area contributed by atoms with Crippen LogP contribution < -0.4 is 21.3 Å². The molecule has 0 radical (unpaired) electrons. The highest BCUT2D eigenvalue weighted by Gasteiger charge is 2.30. The quantitative estimate of drug-likeness (QED) is 0.151. The van der Waals surface area contributed by atoms with Crippen molar-refractivity contribution in [2.45, 2.75) is 63.5 Å². The number of amides is 3. The molecule has 0 saturated carbocycles. The van der Waals surface area contributed by atoms with Crippen LogP contribution in [0.2, 0.25) is 0 Å². The van der Waals surface area contributed by atoms with Crippen LogP contribution in [0.4, 0.5) is 21.6 Å². The van der Waals surface area contributed by atoms with Gasteiger partial charge in [-0.15, -0.1) is 10.2 Å². The van der Waals surface area contributed by atoms with E-state index >= 15 is 4.39 Å². The third-order valence-electron chi connectivity index (χ3n) is 13.7. The van der Waals surface area contributed by atoms with Gasteiger partial charge in [-0.1, -0.05) is 12.1 Å². The zero-order chi connectivity index (χ0) is 42.9. The highest BCUT2D eigenvalue weighted by atomic mass is 19.1. The van der Waals surface area contributed by atoms with Gasteiger partial charge in [-0.3, -0.25) is 29.5 Å². The fourth-order valence-corrected chi connectivity index (χ4v) is 9.98. The van der Waals surface area contributed by atoms with Gasteiger partial charge in [-0.05, 0) is 124 Å². The molecule has 4 aliphatic heterocycles. The van der Waals surface area contributed by atoms with Crippen LogP contribution in [0.3, 0.4) is 0 Å². The summed E-state index contributed by atoms with van der Waals surface area (Å²) in [4.78, 5) is 51.0. The molecule has 5 aromatic rings. The van der Waals surface area contributed by atoms with Crippen LogP contribution in [-0.4, -0.2) is 117 Å². The lowest BCUT2D eigenvalue weighted by Gasteiger charge is -2.39. The highest BCUT2D eigenvalue weighted by molar-refractivity contribution is 6.01. The second-order valence-electron chi connectivity index (χ2n) is 17.5. The van der Waals surface area contributed by atoms with Crippen molar-refractivity contribution in [1.29, 1.82) is 0 Å². The minimum Gasteiger partial charge on any atom is -0.382 e. The molecular weight excluding hydrogens is 786 g/mol. The van der Waals surface area contributed by atoms with E-state index in [0.717, 1.165) is 112 Å². The second-order valence-corrected chi connectivity index (χ2v) is 17.5. The average molecular weight is 842 g/mol. The number of piperidine rings is 3. The Morgan fingerprint density at radius 1 is 0.887 bits per heavy atom. The second kappa shape index (κ2) is 17.8. The Balaban J connectivity index is 0.716. The number of halogens is 1. The van der Waals surface area contributed by atoms with Gasteiger partial charge in [-0.25, -0.2) is 9.37 Å². The van der Waals surface area contributed by atoms with Crippen LogP contribution in [0.5, 0.6) is 0 Å². The van der Waals surface area contributed by atoms with Gasteiger partial charge in [0, 0.05) is 99.4 Å². The first-order chi connectivity index (χ1) is 30.1. The molecule has 14 nitrogen and oxygen atoms in total. The molecule has 0 aliphatic carbocycles. The number of anilines is 3. The normalized spacial score (nSPS) is 20.4. The summed E-state index contributed by atoms with van der Waals surface area (Å²) in [5.74, 6) is 0.512. The van der Waals surface area contributed by atoms with Gasteiger partial charge in [-0.2, -0.15) is 0 Å². The van der Waals surface area contributed by atoms with Crippen LogP contribution >= 0.6 is 0 Å². The number of pyridine rings is 1. The summed E-state index contributed by atoms with van der Waals surface area (Å²) in [6, 6.07) is 21.0. The number of benzene rings is 2. The first-order valence-electron chi connectivity index (χ1n) is 22.1. The van der Waals surface area contributed by atoms with E-state index in [2.05, 4.69) is 72.3 Å². The number of likely N-dealkylation sites (tertiary alicyclic amines) is 2. The Kier molecular flexibility index (Phi) is 11.9. The van der Waals surface area contributed by atoms with Crippen molar-refractivity contribution in [3.05, 3.63) is 95.6 Å². The van der Waals surface area contributed by atoms with Crippen LogP contribution in [0.1, 0.15) is 79.0 Å². The Bertz CT molecular complexity index is 2420. The summed E-state index contributed by atoms with van der Waals surface area (Å²) < 4.78 is 17.4. The Labute approximate surface area is 361 Å². The van der Waals surface area contributed by atoms with Crippen molar-refractivity contribution in [3.8, 4) is 11.3 Å². The number of imide groups is 1. The van der Waals surface area contributed by atoms with Crippen molar-refractivity contribution in [3.63, 3.8) is 0 Å². The summed E-state index contributed by atoms with van der Waals surface area (Å²) in [6.07, 6.45) is 6.56. The number of carbonyl (C=O) groups is 3. The molecule has 0 spiro atoms. The van der Waals surface area contributed by atoms with E-state index in [9.17, 15) is 14.4 Å². The standard InChI is InChI=1S/C47H56FN11O3/c1-30(42-28-37-36(13-18-50-45(37)55(42)2)39-8-11-43(49)54-53-39)57-21-16-33(17-22-57)32-3-5-34(6-4-32)47(62)59-19-14-31(15-20-59)29-56-23-25-58(26-24-56)41-10-7-35(27-38(41)48)51-40-9-12-44(60)52-46(40)61/h3-8,10-11,13,18,27-28,30-31,33,40,51H,9,12,14-17,19-26,29H2,1-2H3,(H2,49,54)(H,52,60,61)/t30-,40?/m0/s1. The fourth-order valence-electron chi connectivity index (χ4n) is 9.98. The number of carbonyl (C=O) groups excluding carboxylic acids is 3. The van der Waals surface area contributed by atoms with Gasteiger partial charge in [0.05, 0.1) is 11.4 Å². The van der Waals surface area contributed by atoms with Gasteiger partial charge >= 0.3 is 0 Å². The largest absolute Gasteiger partial charge is 0.382 e. The highest BCUT2D eigenvalue weighted by Crippen LogP contribution is 2.36. The molecule has 7 heterocycles. The number of nitrogens with two attached hydrogens (primary N) is 1. The van der Waals surface area contributed by atoms with Gasteiger partial charge in [0.25, 0.3) is 5.91 Å². The lowest BCUT2D eigenvalue weighted by atomic mass is 9.88. The van der Waals surface area contributed by atoms with Gasteiger partial charge < -0.3 is 25.4 Å². The number of nitrogen functional groups attached to an aromatic ring is 1. The lowest BCUT2D eigenvalue weighted by molar-refractivity contribution is -0.133. The van der Waals surface area contributed by atoms with E-state index in [1.807, 2.05) is 35.4 Å². The first kappa shape index (κ1) is 41.4. The number of piperazine rings is 1. The molecule has 3 aromatic heterocycles. The molecule has 0 bridgehead atoms. The van der Waals surface area contributed by atoms with Crippen molar-refractivity contribution in [2.24, 2.45) is 13.0 Å². The average Bonchev–Trinajstić information content (AvgIpc) is 3.64. The monoisotopic (exact) mass is 841 g/mol. The van der Waals surface area contributed by atoms with Crippen LogP contribution in [0.15, 0.2) is 72.9 Å². The number of aromatic nitrogens is 4. The van der Waals surface area contributed by atoms with Crippen molar-refractivity contribution in [1.82, 2.24) is 39.8 Å². The van der Waals surface area contributed by atoms with E-state index in [1.165, 1.54) is 17.3 Å². The molecule has 4 saturated heterocycles. The Morgan fingerprint density at radius 2 is 1.65 bits per heavy atom. The predicted molar refractivity (Wildman–Crippen MR) is 238 cm³/mol. The molecule has 4 aliphatic rings. The Hall–Kier alpha value is -5.93. The minimum atomic E-state index is -0.551. The summed E-state index contributed by atoms with van der Waals surface area (Å²) in [5.41, 5.74) is 12.9. The van der Waals surface area contributed by atoms with Crippen LogP contribution in [-0.2, 0) is 16.6 Å². The van der Waals surface area contributed by atoms with Crippen molar-refractivity contribution < 1.29 is 18.8 Å². The predicted octanol–water partition coefficient (Wildman–Crippen LogP) is 5.58. The summed E-state index contributed by atoms with van der Waals surface area (Å²) in [7, 11) is 2.09. The number of rotatable bonds is 10. The maximum Gasteiger partial charge on any atom is 0.253 e. The number of nitrogens with one attached hydrogen (secondary N) is 2. The number of fused-ring (bicyclic) bond motifs is 1. The molecule has 15 heteroatoms. The van der Waals surface area contributed by atoms with Crippen LogP contribution in [0, 0.1) is 11.7 Å². The number of hydrogen-bond donors (Lipinski definition) is 3. The van der Waals surface area contributed by atoms with Gasteiger partial charge in [0.15, 0.2) is 0 Å². The van der Waals surface area contributed by atoms with E-state index in [1.54, 1.807) is 18.2 Å². The third-order valence-corrected chi connectivity index (χ3v) is 13.7. The molecule has 3 amide bonds. The van der Waals surface area contributed by atoms with Gasteiger partial charge in [0.1, 0.15) is 23.3 Å². The third kappa shape index (κ3) is 8.73. The molecule has 9 rings (SSSR count). The topological polar surface area (TPSA) is 158 Å². The molecule has 2 aromatic carbocycles. The summed E-state index contributed by atoms with van der Waals surface area (Å²) >= 11 is 0. The molecule has 62 heavy (non-hydrogen) atoms.